The summed E-state index contributed by atoms with van der Waals surface area (Å²) in [6.07, 6.45) is 3.43. The number of pyridine rings is 1. The number of nitrogens with one attached hydrogen (secondary N) is 3. The van der Waals surface area contributed by atoms with Gasteiger partial charge in [-0.25, -0.2) is 4.98 Å². The van der Waals surface area contributed by atoms with Crippen LogP contribution in [0.2, 0.25) is 5.02 Å². The second kappa shape index (κ2) is 5.88. The fraction of sp³-hybridized carbons (Fsp3) is 0.417. The zero-order valence-corrected chi connectivity index (χ0v) is 11.3. The second-order valence-corrected chi connectivity index (χ2v) is 4.73. The van der Waals surface area contributed by atoms with Crippen LogP contribution >= 0.6 is 11.6 Å². The second-order valence-electron chi connectivity index (χ2n) is 4.32. The lowest BCUT2D eigenvalue weighted by atomic mass is 10.2. The summed E-state index contributed by atoms with van der Waals surface area (Å²) < 4.78 is 0. The van der Waals surface area contributed by atoms with Gasteiger partial charge in [0.25, 0.3) is 5.91 Å². The highest BCUT2D eigenvalue weighted by atomic mass is 35.5. The molecule has 19 heavy (non-hydrogen) atoms. The van der Waals surface area contributed by atoms with Gasteiger partial charge in [0.15, 0.2) is 0 Å². The summed E-state index contributed by atoms with van der Waals surface area (Å²) in [5.74, 6) is -0.0401. The van der Waals surface area contributed by atoms with Crippen molar-refractivity contribution in [2.75, 3.05) is 18.9 Å². The van der Waals surface area contributed by atoms with Gasteiger partial charge in [-0.3, -0.25) is 9.59 Å². The van der Waals surface area contributed by atoms with E-state index in [1.807, 2.05) is 0 Å². The average Bonchev–Trinajstić information content (AvgIpc) is 3.20. The number of rotatable bonds is 5. The van der Waals surface area contributed by atoms with Crippen molar-refractivity contribution < 1.29 is 9.59 Å². The highest BCUT2D eigenvalue weighted by Crippen LogP contribution is 2.18. The lowest BCUT2D eigenvalue weighted by Gasteiger charge is -2.08. The number of carbonyl (C=O) groups excluding carboxylic acids is 2. The topological polar surface area (TPSA) is 83.1 Å². The highest BCUT2D eigenvalue weighted by molar-refractivity contribution is 6.33. The lowest BCUT2D eigenvalue weighted by Crippen LogP contribution is -2.37. The van der Waals surface area contributed by atoms with Gasteiger partial charge in [-0.1, -0.05) is 11.6 Å². The van der Waals surface area contributed by atoms with Gasteiger partial charge < -0.3 is 16.0 Å². The zero-order valence-electron chi connectivity index (χ0n) is 10.5. The number of hydrogen-bond donors (Lipinski definition) is 3. The Kier molecular flexibility index (Phi) is 4.21. The first kappa shape index (κ1) is 13.6. The third kappa shape index (κ3) is 3.82. The van der Waals surface area contributed by atoms with E-state index in [4.69, 9.17) is 11.6 Å². The monoisotopic (exact) mass is 282 g/mol. The Morgan fingerprint density at radius 2 is 2.21 bits per heavy atom. The number of carbonyl (C=O) groups is 2. The Morgan fingerprint density at radius 1 is 1.47 bits per heavy atom. The van der Waals surface area contributed by atoms with Crippen LogP contribution in [0.3, 0.4) is 0 Å². The van der Waals surface area contributed by atoms with Gasteiger partial charge in [-0.2, -0.15) is 0 Å². The molecule has 2 rings (SSSR count). The number of amides is 2. The summed E-state index contributed by atoms with van der Waals surface area (Å²) in [7, 11) is 1.70. The van der Waals surface area contributed by atoms with Gasteiger partial charge in [-0.15, -0.1) is 0 Å². The molecule has 1 aliphatic rings. The van der Waals surface area contributed by atoms with Gasteiger partial charge in [-0.05, 0) is 18.9 Å². The maximum Gasteiger partial charge on any atom is 0.253 e. The average molecular weight is 283 g/mol. The summed E-state index contributed by atoms with van der Waals surface area (Å²) in [6, 6.07) is 1.82. The van der Waals surface area contributed by atoms with E-state index in [2.05, 4.69) is 20.9 Å². The predicted octanol–water partition coefficient (Wildman–Crippen LogP) is 0.785. The smallest absolute Gasteiger partial charge is 0.253 e. The van der Waals surface area contributed by atoms with Crippen molar-refractivity contribution in [3.63, 3.8) is 0 Å². The van der Waals surface area contributed by atoms with Gasteiger partial charge in [0.1, 0.15) is 5.82 Å². The number of halogens is 1. The Hall–Kier alpha value is -1.82. The molecule has 1 heterocycles. The molecule has 0 spiro atoms. The summed E-state index contributed by atoms with van der Waals surface area (Å²) in [6.45, 7) is -0.0527. The van der Waals surface area contributed by atoms with Crippen LogP contribution in [-0.2, 0) is 4.79 Å². The normalized spacial score (nSPS) is 13.8. The van der Waals surface area contributed by atoms with Crippen LogP contribution in [-0.4, -0.2) is 36.4 Å². The van der Waals surface area contributed by atoms with E-state index >= 15 is 0 Å². The number of anilines is 1. The van der Waals surface area contributed by atoms with E-state index in [-0.39, 0.29) is 23.5 Å². The van der Waals surface area contributed by atoms with Gasteiger partial charge in [0.05, 0.1) is 17.1 Å². The molecule has 102 valence electrons. The summed E-state index contributed by atoms with van der Waals surface area (Å²) in [5, 5.41) is 8.39. The summed E-state index contributed by atoms with van der Waals surface area (Å²) >= 11 is 5.91. The quantitative estimate of drug-likeness (QED) is 0.745. The summed E-state index contributed by atoms with van der Waals surface area (Å²) in [4.78, 5) is 27.3. The van der Waals surface area contributed by atoms with Gasteiger partial charge in [0, 0.05) is 19.3 Å². The number of nitrogens with zero attached hydrogens (tertiary/aromatic N) is 1. The molecule has 1 saturated carbocycles. The molecule has 1 aromatic rings. The maximum absolute atomic E-state index is 11.9. The van der Waals surface area contributed by atoms with Crippen molar-refractivity contribution >= 4 is 29.2 Å². The minimum atomic E-state index is -0.394. The van der Waals surface area contributed by atoms with E-state index in [0.29, 0.717) is 11.4 Å². The van der Waals surface area contributed by atoms with Crippen molar-refractivity contribution in [1.29, 1.82) is 0 Å². The van der Waals surface area contributed by atoms with E-state index < -0.39 is 5.91 Å². The van der Waals surface area contributed by atoms with E-state index in [0.717, 1.165) is 12.8 Å². The van der Waals surface area contributed by atoms with Crippen LogP contribution in [0.4, 0.5) is 5.82 Å². The van der Waals surface area contributed by atoms with Crippen molar-refractivity contribution in [3.05, 3.63) is 22.8 Å². The predicted molar refractivity (Wildman–Crippen MR) is 72.3 cm³/mol. The lowest BCUT2D eigenvalue weighted by molar-refractivity contribution is -0.120. The first-order valence-electron chi connectivity index (χ1n) is 6.01. The first-order chi connectivity index (χ1) is 9.10. The highest BCUT2D eigenvalue weighted by Gasteiger charge is 2.23. The molecule has 7 heteroatoms. The third-order valence-electron chi connectivity index (χ3n) is 2.71. The minimum absolute atomic E-state index is 0.0527. The Bertz CT molecular complexity index is 503. The molecule has 0 saturated heterocycles. The maximum atomic E-state index is 11.9. The van der Waals surface area contributed by atoms with E-state index in [1.54, 1.807) is 7.05 Å². The molecule has 1 fully saturated rings. The molecular formula is C12H15ClN4O2. The Labute approximate surface area is 115 Å². The molecule has 1 aliphatic carbocycles. The van der Waals surface area contributed by atoms with Crippen LogP contribution < -0.4 is 16.0 Å². The van der Waals surface area contributed by atoms with Crippen molar-refractivity contribution in [1.82, 2.24) is 15.6 Å². The standard InChI is InChI=1S/C12H15ClN4O2/c1-14-10-4-8(9(13)5-15-10)12(19)16-6-11(18)17-7-2-3-7/h4-5,7H,2-3,6H2,1H3,(H,14,15)(H,16,19)(H,17,18). The fourth-order valence-electron chi connectivity index (χ4n) is 1.51. The van der Waals surface area contributed by atoms with Crippen LogP contribution in [0.1, 0.15) is 23.2 Å². The number of aromatic nitrogens is 1. The molecular weight excluding hydrogens is 268 g/mol. The van der Waals surface area contributed by atoms with Gasteiger partial charge in [0.2, 0.25) is 5.91 Å². The zero-order chi connectivity index (χ0) is 13.8. The molecule has 0 bridgehead atoms. The van der Waals surface area contributed by atoms with Crippen LogP contribution in [0.15, 0.2) is 12.3 Å². The molecule has 2 amide bonds. The Balaban J connectivity index is 1.92. The van der Waals surface area contributed by atoms with Crippen LogP contribution in [0.5, 0.6) is 0 Å². The van der Waals surface area contributed by atoms with Crippen LogP contribution in [0, 0.1) is 0 Å². The molecule has 0 unspecified atom stereocenters. The molecule has 0 aliphatic heterocycles. The first-order valence-corrected chi connectivity index (χ1v) is 6.39. The van der Waals surface area contributed by atoms with Crippen molar-refractivity contribution in [2.24, 2.45) is 0 Å². The van der Waals surface area contributed by atoms with Crippen molar-refractivity contribution in [2.45, 2.75) is 18.9 Å². The van der Waals surface area contributed by atoms with Gasteiger partial charge >= 0.3 is 0 Å². The molecule has 0 atom stereocenters. The van der Waals surface area contributed by atoms with Crippen molar-refractivity contribution in [3.8, 4) is 0 Å². The third-order valence-corrected chi connectivity index (χ3v) is 3.01. The molecule has 0 aromatic carbocycles. The molecule has 1 aromatic heterocycles. The fourth-order valence-corrected chi connectivity index (χ4v) is 1.70. The summed E-state index contributed by atoms with van der Waals surface area (Å²) in [5.41, 5.74) is 0.292. The van der Waals surface area contributed by atoms with E-state index in [1.165, 1.54) is 12.3 Å². The number of hydrogen-bond acceptors (Lipinski definition) is 4. The molecule has 6 nitrogen and oxygen atoms in total. The largest absolute Gasteiger partial charge is 0.373 e. The molecule has 3 N–H and O–H groups in total. The molecule has 0 radical (unpaired) electrons. The minimum Gasteiger partial charge on any atom is -0.373 e. The van der Waals surface area contributed by atoms with E-state index in [9.17, 15) is 9.59 Å². The van der Waals surface area contributed by atoms with Crippen LogP contribution in [0.25, 0.3) is 0 Å². The SMILES string of the molecule is CNc1cc(C(=O)NCC(=O)NC2CC2)c(Cl)cn1. The Morgan fingerprint density at radius 3 is 2.84 bits per heavy atom.